The number of aliphatic hydroxyl groups is 1. The Morgan fingerprint density at radius 3 is 2.26 bits per heavy atom. The maximum absolute atomic E-state index is 13.5. The number of anilines is 2. The zero-order valence-electron chi connectivity index (χ0n) is 19.1. The van der Waals surface area contributed by atoms with E-state index in [-0.39, 0.29) is 16.8 Å². The van der Waals surface area contributed by atoms with Gasteiger partial charge < -0.3 is 14.7 Å². The fraction of sp³-hybridized carbons (Fsp3) is 0.435. The highest BCUT2D eigenvalue weighted by molar-refractivity contribution is 7.92. The lowest BCUT2D eigenvalue weighted by atomic mass is 9.97. The van der Waals surface area contributed by atoms with E-state index in [4.69, 9.17) is 0 Å². The Morgan fingerprint density at radius 1 is 1.06 bits per heavy atom. The highest BCUT2D eigenvalue weighted by Crippen LogP contribution is 2.38. The second-order valence-electron chi connectivity index (χ2n) is 8.64. The Hall–Kier alpha value is -2.79. The average molecular weight is 501 g/mol. The van der Waals surface area contributed by atoms with Gasteiger partial charge in [0, 0.05) is 18.7 Å². The normalized spacial score (nSPS) is 15.2. The van der Waals surface area contributed by atoms with Gasteiger partial charge in [-0.15, -0.1) is 0 Å². The van der Waals surface area contributed by atoms with E-state index in [1.54, 1.807) is 0 Å². The summed E-state index contributed by atoms with van der Waals surface area (Å²) in [6, 6.07) is 6.56. The van der Waals surface area contributed by atoms with Crippen LogP contribution in [0.5, 0.6) is 0 Å². The van der Waals surface area contributed by atoms with Gasteiger partial charge in [0.05, 0.1) is 40.1 Å². The van der Waals surface area contributed by atoms with Crippen molar-refractivity contribution in [2.24, 2.45) is 0 Å². The van der Waals surface area contributed by atoms with Crippen LogP contribution in [0.2, 0.25) is 0 Å². The third kappa shape index (κ3) is 5.64. The monoisotopic (exact) mass is 500 g/mol. The first kappa shape index (κ1) is 25.8. The van der Waals surface area contributed by atoms with E-state index in [9.17, 15) is 31.5 Å². The number of hydrogen-bond acceptors (Lipinski definition) is 6. The molecule has 0 atom stereocenters. The second kappa shape index (κ2) is 9.46. The minimum Gasteiger partial charge on any atom is -0.465 e. The van der Waals surface area contributed by atoms with Gasteiger partial charge in [0.25, 0.3) is 10.0 Å². The highest BCUT2D eigenvalue weighted by atomic mass is 32.2. The number of nitrogens with one attached hydrogen (secondary N) is 1. The number of carbonyl (C=O) groups excluding carboxylic acids is 1. The summed E-state index contributed by atoms with van der Waals surface area (Å²) >= 11 is 0. The number of esters is 1. The van der Waals surface area contributed by atoms with Gasteiger partial charge in [-0.05, 0) is 63.4 Å². The zero-order valence-corrected chi connectivity index (χ0v) is 19.9. The molecule has 7 nitrogen and oxygen atoms in total. The topological polar surface area (TPSA) is 95.9 Å². The summed E-state index contributed by atoms with van der Waals surface area (Å²) in [5, 5.41) is 10.5. The summed E-state index contributed by atoms with van der Waals surface area (Å²) in [4.78, 5) is 13.4. The lowest BCUT2D eigenvalue weighted by Gasteiger charge is -2.31. The SMILES string of the molecule is COC(=O)c1ccc(C(C)(C)O)c(S(=O)(=O)Nc2cc(C(F)(F)F)ccc2N2CCCCC2)c1. The summed E-state index contributed by atoms with van der Waals surface area (Å²) in [5.74, 6) is -0.799. The molecule has 186 valence electrons. The van der Waals surface area contributed by atoms with Crippen molar-refractivity contribution in [3.8, 4) is 0 Å². The predicted octanol–water partition coefficient (Wildman–Crippen LogP) is 4.51. The van der Waals surface area contributed by atoms with Gasteiger partial charge >= 0.3 is 12.1 Å². The number of sulfonamides is 1. The molecule has 3 rings (SSSR count). The van der Waals surface area contributed by atoms with E-state index in [0.29, 0.717) is 18.8 Å². The average Bonchev–Trinajstić information content (AvgIpc) is 2.77. The molecule has 1 aliphatic heterocycles. The van der Waals surface area contributed by atoms with Crippen molar-refractivity contribution in [1.29, 1.82) is 0 Å². The first-order chi connectivity index (χ1) is 15.7. The molecule has 1 fully saturated rings. The Bertz CT molecular complexity index is 1170. The number of carbonyl (C=O) groups is 1. The minimum absolute atomic E-state index is 0.0286. The van der Waals surface area contributed by atoms with E-state index >= 15 is 0 Å². The molecule has 0 aliphatic carbocycles. The molecule has 0 aromatic heterocycles. The number of piperidine rings is 1. The lowest BCUT2D eigenvalue weighted by molar-refractivity contribution is -0.137. The Morgan fingerprint density at radius 2 is 1.71 bits per heavy atom. The molecule has 0 spiro atoms. The number of nitrogens with zero attached hydrogens (tertiary/aromatic N) is 1. The number of alkyl halides is 3. The number of methoxy groups -OCH3 is 1. The van der Waals surface area contributed by atoms with E-state index in [1.165, 1.54) is 32.0 Å². The molecule has 2 N–H and O–H groups in total. The van der Waals surface area contributed by atoms with Crippen LogP contribution < -0.4 is 9.62 Å². The van der Waals surface area contributed by atoms with Crippen LogP contribution in [0.1, 0.15) is 54.6 Å². The first-order valence-electron chi connectivity index (χ1n) is 10.7. The van der Waals surface area contributed by atoms with Gasteiger partial charge in [-0.2, -0.15) is 13.2 Å². The molecule has 0 amide bonds. The molecule has 11 heteroatoms. The summed E-state index contributed by atoms with van der Waals surface area (Å²) in [6.07, 6.45) is -2.04. The van der Waals surface area contributed by atoms with E-state index < -0.39 is 38.2 Å². The largest absolute Gasteiger partial charge is 0.465 e. The maximum Gasteiger partial charge on any atom is 0.416 e. The van der Waals surface area contributed by atoms with Crippen LogP contribution in [0.15, 0.2) is 41.3 Å². The van der Waals surface area contributed by atoms with Crippen molar-refractivity contribution >= 4 is 27.4 Å². The van der Waals surface area contributed by atoms with Crippen molar-refractivity contribution in [1.82, 2.24) is 0 Å². The molecule has 1 heterocycles. The van der Waals surface area contributed by atoms with E-state index in [0.717, 1.165) is 44.6 Å². The van der Waals surface area contributed by atoms with Gasteiger partial charge in [-0.1, -0.05) is 6.07 Å². The molecular weight excluding hydrogens is 473 g/mol. The van der Waals surface area contributed by atoms with Crippen LogP contribution in [0.4, 0.5) is 24.5 Å². The van der Waals surface area contributed by atoms with Crippen LogP contribution in [-0.2, 0) is 26.5 Å². The Labute approximate surface area is 196 Å². The lowest BCUT2D eigenvalue weighted by Crippen LogP contribution is -2.31. The number of halogens is 3. The van der Waals surface area contributed by atoms with Crippen molar-refractivity contribution in [3.63, 3.8) is 0 Å². The maximum atomic E-state index is 13.5. The number of benzene rings is 2. The minimum atomic E-state index is -4.68. The van der Waals surface area contributed by atoms with Crippen molar-refractivity contribution in [2.75, 3.05) is 29.8 Å². The molecule has 1 saturated heterocycles. The van der Waals surface area contributed by atoms with Gasteiger partial charge in [0.2, 0.25) is 0 Å². The van der Waals surface area contributed by atoms with Gasteiger partial charge in [0.15, 0.2) is 0 Å². The van der Waals surface area contributed by atoms with Crippen LogP contribution in [-0.4, -0.2) is 39.7 Å². The smallest absolute Gasteiger partial charge is 0.416 e. The summed E-state index contributed by atoms with van der Waals surface area (Å²) < 4.78 is 74.1. The standard InChI is InChI=1S/C23H27F3N2O5S/c1-22(2,30)17-9-7-15(21(29)33-3)13-20(17)34(31,32)27-18-14-16(23(24,25)26)8-10-19(18)28-11-5-4-6-12-28/h7-10,13-14,27,30H,4-6,11-12H2,1-3H3. The molecule has 1 aliphatic rings. The van der Waals surface area contributed by atoms with Gasteiger partial charge in [-0.3, -0.25) is 4.72 Å². The fourth-order valence-corrected chi connectivity index (χ4v) is 5.35. The highest BCUT2D eigenvalue weighted by Gasteiger charge is 2.33. The van der Waals surface area contributed by atoms with Crippen LogP contribution in [0, 0.1) is 0 Å². The Kier molecular flexibility index (Phi) is 7.18. The molecule has 2 aromatic carbocycles. The quantitative estimate of drug-likeness (QED) is 0.567. The fourth-order valence-electron chi connectivity index (χ4n) is 3.90. The van der Waals surface area contributed by atoms with Crippen LogP contribution in [0.25, 0.3) is 0 Å². The van der Waals surface area contributed by atoms with Crippen molar-refractivity contribution < 1.29 is 36.2 Å². The van der Waals surface area contributed by atoms with Gasteiger partial charge in [0.1, 0.15) is 0 Å². The van der Waals surface area contributed by atoms with E-state index in [2.05, 4.69) is 9.46 Å². The third-order valence-electron chi connectivity index (χ3n) is 5.62. The van der Waals surface area contributed by atoms with Gasteiger partial charge in [-0.25, -0.2) is 13.2 Å². The first-order valence-corrected chi connectivity index (χ1v) is 12.2. The molecule has 0 saturated carbocycles. The summed E-state index contributed by atoms with van der Waals surface area (Å²) in [5.41, 5.74) is -2.65. The molecule has 34 heavy (non-hydrogen) atoms. The molecular formula is C23H27F3N2O5S. The molecule has 0 unspecified atom stereocenters. The van der Waals surface area contributed by atoms with Crippen molar-refractivity contribution in [2.45, 2.75) is 49.8 Å². The Balaban J connectivity index is 2.15. The number of rotatable bonds is 6. The zero-order chi connectivity index (χ0) is 25.3. The summed E-state index contributed by atoms with van der Waals surface area (Å²) in [6.45, 7) is 3.88. The second-order valence-corrected chi connectivity index (χ2v) is 10.3. The molecule has 2 aromatic rings. The van der Waals surface area contributed by atoms with E-state index in [1.807, 2.05) is 4.90 Å². The van der Waals surface area contributed by atoms with Crippen LogP contribution in [0.3, 0.4) is 0 Å². The van der Waals surface area contributed by atoms with Crippen molar-refractivity contribution in [3.05, 3.63) is 53.1 Å². The molecule has 0 radical (unpaired) electrons. The predicted molar refractivity (Wildman–Crippen MR) is 121 cm³/mol. The number of hydrogen-bond donors (Lipinski definition) is 2. The summed E-state index contributed by atoms with van der Waals surface area (Å²) in [7, 11) is -3.40. The van der Waals surface area contributed by atoms with Crippen LogP contribution >= 0.6 is 0 Å². The third-order valence-corrected chi connectivity index (χ3v) is 7.02. The molecule has 0 bridgehead atoms. The number of ether oxygens (including phenoxy) is 1.